The molecule has 0 amide bonds. The smallest absolute Gasteiger partial charge is 0.254 e. The minimum Gasteiger partial charge on any atom is -0.363 e. The number of likely N-dealkylation sites (tertiary alicyclic amines) is 1. The second kappa shape index (κ2) is 3.96. The molecule has 7 heteroatoms. The fourth-order valence-electron chi connectivity index (χ4n) is 1.89. The molecule has 1 aliphatic heterocycles. The number of aromatic amines is 1. The summed E-state index contributed by atoms with van der Waals surface area (Å²) in [6.07, 6.45) is 3.62. The summed E-state index contributed by atoms with van der Waals surface area (Å²) in [5.41, 5.74) is 1.19. The van der Waals surface area contributed by atoms with Crippen LogP contribution in [0.4, 0.5) is 5.95 Å². The Morgan fingerprint density at radius 1 is 1.47 bits per heavy atom. The van der Waals surface area contributed by atoms with Crippen molar-refractivity contribution in [2.75, 3.05) is 13.6 Å². The molecule has 0 aromatic carbocycles. The Bertz CT molecular complexity index is 589. The van der Waals surface area contributed by atoms with E-state index in [-0.39, 0.29) is 0 Å². The van der Waals surface area contributed by atoms with Crippen LogP contribution in [0.1, 0.15) is 12.8 Å². The van der Waals surface area contributed by atoms with Gasteiger partial charge in [-0.05, 0) is 6.42 Å². The molecule has 2 aromatic heterocycles. The number of fused-ring (bicyclic) bond motifs is 1. The Hall–Kier alpha value is -1.69. The maximum Gasteiger partial charge on any atom is 0.254 e. The fourth-order valence-corrected chi connectivity index (χ4v) is 2.10. The van der Waals surface area contributed by atoms with Crippen molar-refractivity contribution in [3.05, 3.63) is 11.5 Å². The first kappa shape index (κ1) is 10.5. The number of hydrogen-bond donors (Lipinski definition) is 1. The molecule has 1 aliphatic rings. The number of H-pyrrole nitrogens is 1. The van der Waals surface area contributed by atoms with Crippen molar-refractivity contribution >= 4 is 34.5 Å². The zero-order valence-electron chi connectivity index (χ0n) is 9.31. The van der Waals surface area contributed by atoms with Crippen molar-refractivity contribution in [2.24, 2.45) is 4.99 Å². The third kappa shape index (κ3) is 1.84. The number of halogens is 1. The minimum absolute atomic E-state index is 0.354. The van der Waals surface area contributed by atoms with Gasteiger partial charge in [0, 0.05) is 20.0 Å². The van der Waals surface area contributed by atoms with Gasteiger partial charge in [-0.2, -0.15) is 15.0 Å². The van der Waals surface area contributed by atoms with E-state index < -0.39 is 0 Å². The van der Waals surface area contributed by atoms with Gasteiger partial charge in [-0.15, -0.1) is 0 Å². The van der Waals surface area contributed by atoms with Crippen LogP contribution in [0.15, 0.2) is 11.3 Å². The van der Waals surface area contributed by atoms with Gasteiger partial charge >= 0.3 is 0 Å². The molecule has 1 saturated heterocycles. The molecule has 17 heavy (non-hydrogen) atoms. The second-order valence-corrected chi connectivity index (χ2v) is 4.33. The van der Waals surface area contributed by atoms with Gasteiger partial charge in [0.05, 0.1) is 6.33 Å². The maximum absolute atomic E-state index is 6.02. The number of imidazole rings is 1. The molecule has 0 saturated carbocycles. The standard InChI is InChI=1S/C10H11ClN6/c1-17-4-2-3-6(17)14-10-15-8(11)7-9(16-10)13-5-12-7/h5H,2-4H2,1H3,(H,12,13,15,16)/b14-6+. The van der Waals surface area contributed by atoms with Crippen molar-refractivity contribution in [3.8, 4) is 0 Å². The first-order valence-corrected chi connectivity index (χ1v) is 5.77. The molecule has 1 fully saturated rings. The topological polar surface area (TPSA) is 70.1 Å². The minimum atomic E-state index is 0.354. The average Bonchev–Trinajstić information content (AvgIpc) is 2.89. The maximum atomic E-state index is 6.02. The molecule has 6 nitrogen and oxygen atoms in total. The van der Waals surface area contributed by atoms with E-state index in [1.54, 1.807) is 6.33 Å². The molecule has 3 heterocycles. The predicted octanol–water partition coefficient (Wildman–Crippen LogP) is 1.76. The molecule has 0 radical (unpaired) electrons. The fraction of sp³-hybridized carbons (Fsp3) is 0.400. The van der Waals surface area contributed by atoms with Gasteiger partial charge in [0.2, 0.25) is 0 Å². The van der Waals surface area contributed by atoms with E-state index in [2.05, 4.69) is 29.8 Å². The Morgan fingerprint density at radius 3 is 3.12 bits per heavy atom. The summed E-state index contributed by atoms with van der Waals surface area (Å²) in [6, 6.07) is 0. The highest BCUT2D eigenvalue weighted by Crippen LogP contribution is 2.21. The van der Waals surface area contributed by atoms with Crippen LogP contribution in [-0.4, -0.2) is 44.3 Å². The number of rotatable bonds is 1. The van der Waals surface area contributed by atoms with Crippen LogP contribution in [0.25, 0.3) is 11.2 Å². The van der Waals surface area contributed by atoms with Crippen LogP contribution in [0, 0.1) is 0 Å². The number of amidine groups is 1. The SMILES string of the molecule is CN1CCC/C1=N\c1nc(Cl)c2[nH]cnc2n1. The van der Waals surface area contributed by atoms with Crippen LogP contribution in [-0.2, 0) is 0 Å². The van der Waals surface area contributed by atoms with Crippen LogP contribution >= 0.6 is 11.6 Å². The van der Waals surface area contributed by atoms with Crippen molar-refractivity contribution < 1.29 is 0 Å². The largest absolute Gasteiger partial charge is 0.363 e. The third-order valence-corrected chi connectivity index (χ3v) is 3.07. The Labute approximate surface area is 103 Å². The van der Waals surface area contributed by atoms with Crippen LogP contribution < -0.4 is 0 Å². The zero-order chi connectivity index (χ0) is 11.8. The average molecular weight is 251 g/mol. The first-order chi connectivity index (χ1) is 8.24. The van der Waals surface area contributed by atoms with E-state index in [4.69, 9.17) is 11.6 Å². The Kier molecular flexibility index (Phi) is 2.44. The zero-order valence-corrected chi connectivity index (χ0v) is 10.1. The van der Waals surface area contributed by atoms with E-state index in [9.17, 15) is 0 Å². The van der Waals surface area contributed by atoms with Crippen molar-refractivity contribution in [2.45, 2.75) is 12.8 Å². The van der Waals surface area contributed by atoms with Crippen molar-refractivity contribution in [1.82, 2.24) is 24.8 Å². The summed E-state index contributed by atoms with van der Waals surface area (Å²) in [6.45, 7) is 1.03. The lowest BCUT2D eigenvalue weighted by Gasteiger charge is -2.10. The number of aromatic nitrogens is 4. The lowest BCUT2D eigenvalue weighted by Crippen LogP contribution is -2.18. The van der Waals surface area contributed by atoms with E-state index >= 15 is 0 Å². The molecular weight excluding hydrogens is 240 g/mol. The van der Waals surface area contributed by atoms with Gasteiger partial charge in [-0.25, -0.2) is 4.98 Å². The second-order valence-electron chi connectivity index (χ2n) is 3.97. The van der Waals surface area contributed by atoms with Gasteiger partial charge in [0.15, 0.2) is 10.8 Å². The summed E-state index contributed by atoms with van der Waals surface area (Å²) >= 11 is 6.02. The molecule has 0 aliphatic carbocycles. The normalized spacial score (nSPS) is 18.5. The molecule has 0 atom stereocenters. The van der Waals surface area contributed by atoms with Crippen LogP contribution in [0.2, 0.25) is 5.15 Å². The number of hydrogen-bond acceptors (Lipinski definition) is 4. The number of nitrogens with one attached hydrogen (secondary N) is 1. The van der Waals surface area contributed by atoms with Crippen LogP contribution in [0.5, 0.6) is 0 Å². The van der Waals surface area contributed by atoms with Gasteiger partial charge < -0.3 is 9.88 Å². The van der Waals surface area contributed by atoms with Gasteiger partial charge in [-0.1, -0.05) is 11.6 Å². The van der Waals surface area contributed by atoms with Gasteiger partial charge in [0.25, 0.3) is 5.95 Å². The highest BCUT2D eigenvalue weighted by molar-refractivity contribution is 6.33. The number of aliphatic imine (C=N–C) groups is 1. The Balaban J connectivity index is 2.06. The molecule has 3 rings (SSSR count). The highest BCUT2D eigenvalue weighted by atomic mass is 35.5. The lowest BCUT2D eigenvalue weighted by atomic mass is 10.4. The first-order valence-electron chi connectivity index (χ1n) is 5.39. The summed E-state index contributed by atoms with van der Waals surface area (Å²) in [7, 11) is 2.01. The van der Waals surface area contributed by atoms with E-state index in [0.717, 1.165) is 25.2 Å². The molecule has 1 N–H and O–H groups in total. The summed E-state index contributed by atoms with van der Waals surface area (Å²) in [4.78, 5) is 21.8. The molecule has 2 aromatic rings. The highest BCUT2D eigenvalue weighted by Gasteiger charge is 2.15. The molecule has 0 unspecified atom stereocenters. The predicted molar refractivity (Wildman–Crippen MR) is 65.7 cm³/mol. The van der Waals surface area contributed by atoms with Gasteiger partial charge in [-0.3, -0.25) is 0 Å². The van der Waals surface area contributed by atoms with E-state index in [0.29, 0.717) is 22.3 Å². The Morgan fingerprint density at radius 2 is 2.35 bits per heavy atom. The van der Waals surface area contributed by atoms with Crippen molar-refractivity contribution in [1.29, 1.82) is 0 Å². The summed E-state index contributed by atoms with van der Waals surface area (Å²) in [5, 5.41) is 0.354. The molecule has 0 bridgehead atoms. The molecule has 88 valence electrons. The van der Waals surface area contributed by atoms with Gasteiger partial charge in [0.1, 0.15) is 11.4 Å². The lowest BCUT2D eigenvalue weighted by molar-refractivity contribution is 0.549. The van der Waals surface area contributed by atoms with E-state index in [1.807, 2.05) is 7.05 Å². The van der Waals surface area contributed by atoms with Crippen LogP contribution in [0.3, 0.4) is 0 Å². The molecule has 0 spiro atoms. The number of nitrogens with zero attached hydrogens (tertiary/aromatic N) is 5. The molecular formula is C10H11ClN6. The monoisotopic (exact) mass is 250 g/mol. The summed E-state index contributed by atoms with van der Waals surface area (Å²) < 4.78 is 0. The quantitative estimate of drug-likeness (QED) is 0.783. The van der Waals surface area contributed by atoms with E-state index in [1.165, 1.54) is 0 Å². The van der Waals surface area contributed by atoms with Crippen molar-refractivity contribution in [3.63, 3.8) is 0 Å². The third-order valence-electron chi connectivity index (χ3n) is 2.79. The summed E-state index contributed by atoms with van der Waals surface area (Å²) in [5.74, 6) is 1.37.